The molecule has 0 spiro atoms. The number of nitrogens with one attached hydrogen (secondary N) is 1. The van der Waals surface area contributed by atoms with Gasteiger partial charge in [0.1, 0.15) is 0 Å². The zero-order valence-corrected chi connectivity index (χ0v) is 10.2. The molecule has 0 radical (unpaired) electrons. The number of hydrogen-bond acceptors (Lipinski definition) is 3. The number of rotatable bonds is 4. The Morgan fingerprint density at radius 1 is 1.27 bits per heavy atom. The highest BCUT2D eigenvalue weighted by atomic mass is 16.5. The summed E-state index contributed by atoms with van der Waals surface area (Å²) in [6.07, 6.45) is 3.53. The normalized spacial score (nSPS) is 35.4. The maximum absolute atomic E-state index is 5.74. The van der Waals surface area contributed by atoms with E-state index in [0.717, 1.165) is 25.7 Å². The van der Waals surface area contributed by atoms with Crippen molar-refractivity contribution >= 4 is 0 Å². The van der Waals surface area contributed by atoms with Gasteiger partial charge >= 0.3 is 0 Å². The van der Waals surface area contributed by atoms with E-state index < -0.39 is 0 Å². The summed E-state index contributed by atoms with van der Waals surface area (Å²) in [5, 5.41) is 3.60. The minimum Gasteiger partial charge on any atom is -0.373 e. The average molecular weight is 212 g/mol. The van der Waals surface area contributed by atoms with E-state index in [4.69, 9.17) is 4.74 Å². The Morgan fingerprint density at radius 2 is 1.87 bits per heavy atom. The topological polar surface area (TPSA) is 24.5 Å². The molecule has 1 saturated carbocycles. The average Bonchev–Trinajstić information content (AvgIpc) is 2.96. The SMILES string of the molecule is CC(CNC1CC1)N1C[C@@H](C)O[C@@H](C)C1. The van der Waals surface area contributed by atoms with E-state index in [1.807, 2.05) is 0 Å². The van der Waals surface area contributed by atoms with E-state index in [1.54, 1.807) is 0 Å². The molecule has 15 heavy (non-hydrogen) atoms. The van der Waals surface area contributed by atoms with Crippen molar-refractivity contribution in [3.8, 4) is 0 Å². The van der Waals surface area contributed by atoms with Gasteiger partial charge in [0.05, 0.1) is 12.2 Å². The van der Waals surface area contributed by atoms with Crippen LogP contribution in [-0.2, 0) is 4.74 Å². The van der Waals surface area contributed by atoms with E-state index in [1.165, 1.54) is 12.8 Å². The van der Waals surface area contributed by atoms with E-state index in [-0.39, 0.29) is 0 Å². The van der Waals surface area contributed by atoms with Crippen LogP contribution in [0.25, 0.3) is 0 Å². The molecular formula is C12H24N2O. The van der Waals surface area contributed by atoms with Crippen LogP contribution in [-0.4, -0.2) is 48.8 Å². The molecule has 3 nitrogen and oxygen atoms in total. The summed E-state index contributed by atoms with van der Waals surface area (Å²) in [6.45, 7) is 9.95. The van der Waals surface area contributed by atoms with Gasteiger partial charge in [-0.3, -0.25) is 4.90 Å². The molecule has 0 bridgehead atoms. The zero-order valence-electron chi connectivity index (χ0n) is 10.2. The largest absolute Gasteiger partial charge is 0.373 e. The fourth-order valence-electron chi connectivity index (χ4n) is 2.33. The van der Waals surface area contributed by atoms with Crippen LogP contribution < -0.4 is 5.32 Å². The first-order chi connectivity index (χ1) is 7.15. The second-order valence-corrected chi connectivity index (χ2v) is 5.24. The van der Waals surface area contributed by atoms with Gasteiger partial charge in [-0.25, -0.2) is 0 Å². The highest BCUT2D eigenvalue weighted by molar-refractivity contribution is 4.84. The molecule has 3 atom stereocenters. The first-order valence-electron chi connectivity index (χ1n) is 6.28. The Hall–Kier alpha value is -0.120. The molecule has 2 fully saturated rings. The van der Waals surface area contributed by atoms with Crippen molar-refractivity contribution in [1.82, 2.24) is 10.2 Å². The van der Waals surface area contributed by atoms with Gasteiger partial charge in [0.15, 0.2) is 0 Å². The summed E-state index contributed by atoms with van der Waals surface area (Å²) >= 11 is 0. The van der Waals surface area contributed by atoms with Crippen LogP contribution in [0, 0.1) is 0 Å². The van der Waals surface area contributed by atoms with Crippen molar-refractivity contribution in [3.63, 3.8) is 0 Å². The molecular weight excluding hydrogens is 188 g/mol. The number of morpholine rings is 1. The minimum atomic E-state index is 0.386. The van der Waals surface area contributed by atoms with Crippen LogP contribution in [0.15, 0.2) is 0 Å². The van der Waals surface area contributed by atoms with Crippen molar-refractivity contribution in [3.05, 3.63) is 0 Å². The second kappa shape index (κ2) is 4.81. The van der Waals surface area contributed by atoms with Crippen molar-refractivity contribution in [1.29, 1.82) is 0 Å². The molecule has 1 heterocycles. The van der Waals surface area contributed by atoms with Crippen LogP contribution in [0.2, 0.25) is 0 Å². The second-order valence-electron chi connectivity index (χ2n) is 5.24. The Morgan fingerprint density at radius 3 is 2.40 bits per heavy atom. The standard InChI is InChI=1S/C12H24N2O/c1-9(6-13-12-4-5-12)14-7-10(2)15-11(3)8-14/h9-13H,4-8H2,1-3H3/t9?,10-,11+. The number of ether oxygens (including phenoxy) is 1. The van der Waals surface area contributed by atoms with Crippen LogP contribution in [0.5, 0.6) is 0 Å². The number of hydrogen-bond donors (Lipinski definition) is 1. The lowest BCUT2D eigenvalue weighted by Gasteiger charge is -2.39. The number of nitrogens with zero attached hydrogens (tertiary/aromatic N) is 1. The van der Waals surface area contributed by atoms with E-state index in [0.29, 0.717) is 18.2 Å². The zero-order chi connectivity index (χ0) is 10.8. The van der Waals surface area contributed by atoms with Gasteiger partial charge in [-0.1, -0.05) is 0 Å². The highest BCUT2D eigenvalue weighted by Gasteiger charge is 2.27. The van der Waals surface area contributed by atoms with Crippen LogP contribution in [0.3, 0.4) is 0 Å². The highest BCUT2D eigenvalue weighted by Crippen LogP contribution is 2.19. The van der Waals surface area contributed by atoms with Crippen LogP contribution >= 0.6 is 0 Å². The summed E-state index contributed by atoms with van der Waals surface area (Å²) in [5.41, 5.74) is 0. The van der Waals surface area contributed by atoms with Crippen LogP contribution in [0.1, 0.15) is 33.6 Å². The Balaban J connectivity index is 1.74. The third-order valence-corrected chi connectivity index (χ3v) is 3.35. The van der Waals surface area contributed by atoms with Gasteiger partial charge < -0.3 is 10.1 Å². The van der Waals surface area contributed by atoms with Gasteiger partial charge in [-0.15, -0.1) is 0 Å². The summed E-state index contributed by atoms with van der Waals surface area (Å²) < 4.78 is 5.74. The molecule has 1 saturated heterocycles. The quantitative estimate of drug-likeness (QED) is 0.759. The predicted molar refractivity (Wildman–Crippen MR) is 62.1 cm³/mol. The van der Waals surface area contributed by atoms with Crippen molar-refractivity contribution in [2.45, 2.75) is 57.9 Å². The fraction of sp³-hybridized carbons (Fsp3) is 1.00. The first kappa shape index (κ1) is 11.4. The smallest absolute Gasteiger partial charge is 0.0678 e. The Kier molecular flexibility index (Phi) is 3.65. The lowest BCUT2D eigenvalue weighted by molar-refractivity contribution is -0.0781. The lowest BCUT2D eigenvalue weighted by atomic mass is 10.2. The van der Waals surface area contributed by atoms with Gasteiger partial charge in [0.2, 0.25) is 0 Å². The molecule has 0 aromatic heterocycles. The lowest BCUT2D eigenvalue weighted by Crippen LogP contribution is -2.51. The maximum Gasteiger partial charge on any atom is 0.0678 e. The summed E-state index contributed by atoms with van der Waals surface area (Å²) in [5.74, 6) is 0. The summed E-state index contributed by atoms with van der Waals surface area (Å²) in [7, 11) is 0. The van der Waals surface area contributed by atoms with Gasteiger partial charge in [-0.2, -0.15) is 0 Å². The van der Waals surface area contributed by atoms with Crippen molar-refractivity contribution in [2.24, 2.45) is 0 Å². The molecule has 1 N–H and O–H groups in total. The van der Waals surface area contributed by atoms with E-state index >= 15 is 0 Å². The van der Waals surface area contributed by atoms with Gasteiger partial charge in [-0.05, 0) is 33.6 Å². The summed E-state index contributed by atoms with van der Waals surface area (Å²) in [4.78, 5) is 2.55. The minimum absolute atomic E-state index is 0.386. The third-order valence-electron chi connectivity index (χ3n) is 3.35. The van der Waals surface area contributed by atoms with E-state index in [2.05, 4.69) is 31.0 Å². The molecule has 0 aromatic carbocycles. The molecule has 0 aromatic rings. The molecule has 0 amide bonds. The van der Waals surface area contributed by atoms with Crippen molar-refractivity contribution < 1.29 is 4.74 Å². The Labute approximate surface area is 93.2 Å². The fourth-order valence-corrected chi connectivity index (χ4v) is 2.33. The summed E-state index contributed by atoms with van der Waals surface area (Å²) in [6, 6.07) is 1.46. The molecule has 88 valence electrons. The maximum atomic E-state index is 5.74. The third kappa shape index (κ3) is 3.44. The van der Waals surface area contributed by atoms with Crippen LogP contribution in [0.4, 0.5) is 0 Å². The monoisotopic (exact) mass is 212 g/mol. The molecule has 3 heteroatoms. The van der Waals surface area contributed by atoms with Gasteiger partial charge in [0.25, 0.3) is 0 Å². The molecule has 1 aliphatic heterocycles. The van der Waals surface area contributed by atoms with Gasteiger partial charge in [0, 0.05) is 31.7 Å². The van der Waals surface area contributed by atoms with E-state index in [9.17, 15) is 0 Å². The first-order valence-corrected chi connectivity index (χ1v) is 6.28. The molecule has 1 unspecified atom stereocenters. The molecule has 2 rings (SSSR count). The molecule has 2 aliphatic rings. The van der Waals surface area contributed by atoms with Crippen molar-refractivity contribution in [2.75, 3.05) is 19.6 Å². The predicted octanol–water partition coefficient (Wildman–Crippen LogP) is 1.24. The Bertz CT molecular complexity index is 196. The molecule has 1 aliphatic carbocycles.